The second kappa shape index (κ2) is 4.79. The maximum Gasteiger partial charge on any atom is 0.202 e. The summed E-state index contributed by atoms with van der Waals surface area (Å²) in [6, 6.07) is 0.457. The summed E-state index contributed by atoms with van der Waals surface area (Å²) in [5, 5.41) is 4.58. The molecule has 2 atom stereocenters. The maximum absolute atomic E-state index is 6.22. The molecule has 1 saturated carbocycles. The van der Waals surface area contributed by atoms with Crippen molar-refractivity contribution in [2.45, 2.75) is 52.5 Å². The van der Waals surface area contributed by atoms with Crippen molar-refractivity contribution in [3.05, 3.63) is 5.69 Å². The number of fused-ring (bicyclic) bond motifs is 1. The molecule has 0 spiro atoms. The number of nitrogen functional groups attached to an aromatic ring is 1. The number of hydrogen-bond acceptors (Lipinski definition) is 3. The first-order valence-electron chi connectivity index (χ1n) is 7.70. The molecule has 2 heterocycles. The topological polar surface area (TPSA) is 61.7 Å². The van der Waals surface area contributed by atoms with E-state index in [-0.39, 0.29) is 0 Å². The summed E-state index contributed by atoms with van der Waals surface area (Å²) in [5.74, 6) is 2.15. The van der Waals surface area contributed by atoms with Gasteiger partial charge in [-0.1, -0.05) is 20.8 Å². The lowest BCUT2D eigenvalue weighted by atomic mass is 9.80. The van der Waals surface area contributed by atoms with Crippen LogP contribution in [-0.4, -0.2) is 19.3 Å². The van der Waals surface area contributed by atoms with Crippen LogP contribution in [0.4, 0.5) is 5.95 Å². The third kappa shape index (κ3) is 2.00. The van der Waals surface area contributed by atoms with Gasteiger partial charge in [0.25, 0.3) is 0 Å². The molecule has 0 aliphatic heterocycles. The van der Waals surface area contributed by atoms with Gasteiger partial charge < -0.3 is 5.73 Å². The number of hydrogen-bond donors (Lipinski definition) is 1. The van der Waals surface area contributed by atoms with Gasteiger partial charge in [-0.15, -0.1) is 0 Å². The Hall–Kier alpha value is -1.52. The van der Waals surface area contributed by atoms with E-state index in [0.717, 1.165) is 35.1 Å². The Morgan fingerprint density at radius 3 is 2.45 bits per heavy atom. The fraction of sp³-hybridized carbons (Fsp3) is 0.733. The second-order valence-electron chi connectivity index (χ2n) is 6.51. The summed E-state index contributed by atoms with van der Waals surface area (Å²) in [4.78, 5) is 4.59. The molecular weight excluding hydrogens is 250 g/mol. The maximum atomic E-state index is 6.22. The van der Waals surface area contributed by atoms with Crippen molar-refractivity contribution < 1.29 is 0 Å². The van der Waals surface area contributed by atoms with Gasteiger partial charge in [0.2, 0.25) is 5.95 Å². The average molecular weight is 275 g/mol. The number of rotatable bonds is 2. The highest BCUT2D eigenvalue weighted by Crippen LogP contribution is 2.39. The quantitative estimate of drug-likeness (QED) is 0.916. The lowest BCUT2D eigenvalue weighted by Crippen LogP contribution is -2.24. The van der Waals surface area contributed by atoms with Gasteiger partial charge in [0, 0.05) is 13.1 Å². The van der Waals surface area contributed by atoms with E-state index in [1.165, 1.54) is 19.3 Å². The van der Waals surface area contributed by atoms with Crippen LogP contribution in [0.15, 0.2) is 0 Å². The number of nitrogens with two attached hydrogens (primary N) is 1. The van der Waals surface area contributed by atoms with Crippen LogP contribution in [0.3, 0.4) is 0 Å². The summed E-state index contributed by atoms with van der Waals surface area (Å²) in [5.41, 5.74) is 9.34. The smallest absolute Gasteiger partial charge is 0.202 e. The Kier molecular flexibility index (Phi) is 3.22. The number of nitrogens with zero attached hydrogens (tertiary/aromatic N) is 4. The van der Waals surface area contributed by atoms with Crippen LogP contribution in [0.25, 0.3) is 11.2 Å². The lowest BCUT2D eigenvalue weighted by molar-refractivity contribution is 0.225. The van der Waals surface area contributed by atoms with Gasteiger partial charge in [-0.25, -0.2) is 4.98 Å². The summed E-state index contributed by atoms with van der Waals surface area (Å²) in [6.07, 6.45) is 4.59. The Balaban J connectivity index is 2.11. The fourth-order valence-electron chi connectivity index (χ4n) is 3.93. The zero-order chi connectivity index (χ0) is 14.4. The Morgan fingerprint density at radius 1 is 1.20 bits per heavy atom. The first kappa shape index (κ1) is 13.5. The van der Waals surface area contributed by atoms with Gasteiger partial charge in [0.15, 0.2) is 5.65 Å². The molecule has 5 nitrogen and oxygen atoms in total. The van der Waals surface area contributed by atoms with E-state index in [9.17, 15) is 0 Å². The predicted octanol–water partition coefficient (Wildman–Crippen LogP) is 2.91. The molecule has 0 radical (unpaired) electrons. The number of anilines is 1. The monoisotopic (exact) mass is 275 g/mol. The summed E-state index contributed by atoms with van der Waals surface area (Å²) >= 11 is 0. The zero-order valence-electron chi connectivity index (χ0n) is 12.9. The van der Waals surface area contributed by atoms with Crippen LogP contribution in [0.1, 0.15) is 51.8 Å². The predicted molar refractivity (Wildman–Crippen MR) is 81.5 cm³/mol. The Bertz CT molecular complexity index is 614. The molecule has 0 bridgehead atoms. The average Bonchev–Trinajstić information content (AvgIpc) is 2.85. The number of aryl methyl sites for hydroxylation is 2. The molecule has 2 N–H and O–H groups in total. The van der Waals surface area contributed by atoms with E-state index in [1.807, 2.05) is 11.7 Å². The minimum absolute atomic E-state index is 0.457. The van der Waals surface area contributed by atoms with Crippen LogP contribution in [0.5, 0.6) is 0 Å². The van der Waals surface area contributed by atoms with Crippen LogP contribution in [0, 0.1) is 11.8 Å². The highest BCUT2D eigenvalue weighted by Gasteiger charge is 2.29. The van der Waals surface area contributed by atoms with Gasteiger partial charge in [-0.2, -0.15) is 5.10 Å². The van der Waals surface area contributed by atoms with Gasteiger partial charge in [0.05, 0.1) is 5.69 Å². The largest absolute Gasteiger partial charge is 0.369 e. The summed E-state index contributed by atoms with van der Waals surface area (Å²) < 4.78 is 4.18. The van der Waals surface area contributed by atoms with Crippen molar-refractivity contribution in [1.29, 1.82) is 0 Å². The van der Waals surface area contributed by atoms with Gasteiger partial charge in [-0.3, -0.25) is 9.25 Å². The van der Waals surface area contributed by atoms with Crippen molar-refractivity contribution in [2.24, 2.45) is 18.9 Å². The highest BCUT2D eigenvalue weighted by molar-refractivity contribution is 5.78. The molecular formula is C15H25N5. The van der Waals surface area contributed by atoms with E-state index in [1.54, 1.807) is 0 Å². The summed E-state index contributed by atoms with van der Waals surface area (Å²) in [6.45, 7) is 6.79. The molecule has 0 aromatic carbocycles. The second-order valence-corrected chi connectivity index (χ2v) is 6.51. The van der Waals surface area contributed by atoms with Crippen molar-refractivity contribution in [1.82, 2.24) is 19.3 Å². The lowest BCUT2D eigenvalue weighted by Gasteiger charge is -2.32. The standard InChI is InChI=1S/C15H25N5/c1-5-12-13-14(19(4)18-12)20(15(16)17-13)11-7-9(2)6-10(3)8-11/h9-11H,5-8H2,1-4H3,(H2,16,17). The van der Waals surface area contributed by atoms with Gasteiger partial charge >= 0.3 is 0 Å². The molecule has 110 valence electrons. The molecule has 20 heavy (non-hydrogen) atoms. The molecule has 0 saturated heterocycles. The van der Waals surface area contributed by atoms with Crippen molar-refractivity contribution in [3.63, 3.8) is 0 Å². The van der Waals surface area contributed by atoms with Crippen molar-refractivity contribution in [3.8, 4) is 0 Å². The minimum atomic E-state index is 0.457. The van der Waals surface area contributed by atoms with Crippen molar-refractivity contribution in [2.75, 3.05) is 5.73 Å². The molecule has 5 heteroatoms. The highest BCUT2D eigenvalue weighted by atomic mass is 15.4. The molecule has 1 fully saturated rings. The zero-order valence-corrected chi connectivity index (χ0v) is 12.9. The molecule has 1 aliphatic carbocycles. The molecule has 2 aromatic heterocycles. The van der Waals surface area contributed by atoms with Gasteiger partial charge in [-0.05, 0) is 37.5 Å². The summed E-state index contributed by atoms with van der Waals surface area (Å²) in [7, 11) is 1.99. The Morgan fingerprint density at radius 2 is 1.85 bits per heavy atom. The van der Waals surface area contributed by atoms with E-state index >= 15 is 0 Å². The van der Waals surface area contributed by atoms with Crippen LogP contribution in [0.2, 0.25) is 0 Å². The van der Waals surface area contributed by atoms with Crippen molar-refractivity contribution >= 4 is 17.1 Å². The molecule has 3 rings (SSSR count). The van der Waals surface area contributed by atoms with Crippen LogP contribution < -0.4 is 5.73 Å². The van der Waals surface area contributed by atoms with Gasteiger partial charge in [0.1, 0.15) is 5.52 Å². The number of aromatic nitrogens is 4. The Labute approximate surface area is 120 Å². The first-order chi connectivity index (χ1) is 9.51. The molecule has 0 amide bonds. The molecule has 2 unspecified atom stereocenters. The third-order valence-electron chi connectivity index (χ3n) is 4.62. The number of imidazole rings is 1. The fourth-order valence-corrected chi connectivity index (χ4v) is 3.93. The van der Waals surface area contributed by atoms with Crippen LogP contribution >= 0.6 is 0 Å². The van der Waals surface area contributed by atoms with E-state index in [4.69, 9.17) is 5.73 Å². The van der Waals surface area contributed by atoms with E-state index < -0.39 is 0 Å². The third-order valence-corrected chi connectivity index (χ3v) is 4.62. The SMILES string of the molecule is CCc1nn(C)c2c1nc(N)n2C1CC(C)CC(C)C1. The first-order valence-corrected chi connectivity index (χ1v) is 7.70. The van der Waals surface area contributed by atoms with E-state index in [0.29, 0.717) is 12.0 Å². The normalized spacial score (nSPS) is 27.3. The molecule has 1 aliphatic rings. The van der Waals surface area contributed by atoms with E-state index in [2.05, 4.69) is 35.4 Å². The molecule has 2 aromatic rings. The van der Waals surface area contributed by atoms with Crippen LogP contribution in [-0.2, 0) is 13.5 Å². The minimum Gasteiger partial charge on any atom is -0.369 e.